The van der Waals surface area contributed by atoms with E-state index >= 15 is 0 Å². The Bertz CT molecular complexity index is 282. The zero-order valence-corrected chi connectivity index (χ0v) is 10.8. The second-order valence-electron chi connectivity index (χ2n) is 5.20. The molecule has 17 heavy (non-hydrogen) atoms. The van der Waals surface area contributed by atoms with Crippen LogP contribution in [0.3, 0.4) is 0 Å². The molecule has 1 rings (SSSR count). The molecule has 1 atom stereocenters. The average molecular weight is 241 g/mol. The van der Waals surface area contributed by atoms with E-state index in [0.717, 1.165) is 25.7 Å². The lowest BCUT2D eigenvalue weighted by Gasteiger charge is -2.32. The third kappa shape index (κ3) is 3.72. The van der Waals surface area contributed by atoms with Gasteiger partial charge in [-0.15, -0.1) is 0 Å². The summed E-state index contributed by atoms with van der Waals surface area (Å²) in [6, 6.07) is 0.122. The maximum atomic E-state index is 11.8. The highest BCUT2D eigenvalue weighted by atomic mass is 16.4. The zero-order chi connectivity index (χ0) is 12.9. The molecule has 1 saturated carbocycles. The van der Waals surface area contributed by atoms with E-state index in [1.807, 2.05) is 13.8 Å². The van der Waals surface area contributed by atoms with Gasteiger partial charge in [-0.3, -0.25) is 9.59 Å². The molecule has 1 aliphatic carbocycles. The van der Waals surface area contributed by atoms with Crippen LogP contribution >= 0.6 is 0 Å². The van der Waals surface area contributed by atoms with Gasteiger partial charge < -0.3 is 10.4 Å². The first-order valence-electron chi connectivity index (χ1n) is 6.53. The van der Waals surface area contributed by atoms with Crippen LogP contribution in [0, 0.1) is 5.41 Å². The van der Waals surface area contributed by atoms with Gasteiger partial charge in [0.05, 0.1) is 5.41 Å². The number of carboxylic acids is 1. The number of hydrogen-bond acceptors (Lipinski definition) is 2. The molecule has 0 unspecified atom stereocenters. The summed E-state index contributed by atoms with van der Waals surface area (Å²) in [5, 5.41) is 12.2. The standard InChI is InChI=1S/C13H23NO3/c1-3-10(2)14-11(15)9-13(12(16)17)7-5-4-6-8-13/h10H,3-9H2,1-2H3,(H,14,15)(H,16,17)/t10-/m0/s1. The van der Waals surface area contributed by atoms with Crippen molar-refractivity contribution in [3.8, 4) is 0 Å². The first-order chi connectivity index (χ1) is 8.00. The highest BCUT2D eigenvalue weighted by molar-refractivity contribution is 5.85. The van der Waals surface area contributed by atoms with Crippen LogP contribution in [0.25, 0.3) is 0 Å². The molecule has 1 amide bonds. The van der Waals surface area contributed by atoms with Crippen LogP contribution in [0.1, 0.15) is 58.8 Å². The summed E-state index contributed by atoms with van der Waals surface area (Å²) in [5.74, 6) is -0.930. The van der Waals surface area contributed by atoms with E-state index in [1.165, 1.54) is 0 Å². The van der Waals surface area contributed by atoms with E-state index in [4.69, 9.17) is 0 Å². The Hall–Kier alpha value is -1.06. The van der Waals surface area contributed by atoms with Gasteiger partial charge in [0.25, 0.3) is 0 Å². The fraction of sp³-hybridized carbons (Fsp3) is 0.846. The second-order valence-corrected chi connectivity index (χ2v) is 5.20. The van der Waals surface area contributed by atoms with Gasteiger partial charge in [-0.1, -0.05) is 26.2 Å². The first kappa shape index (κ1) is 14.0. The van der Waals surface area contributed by atoms with Gasteiger partial charge in [0.2, 0.25) is 5.91 Å². The molecule has 0 spiro atoms. The van der Waals surface area contributed by atoms with E-state index in [2.05, 4.69) is 5.32 Å². The van der Waals surface area contributed by atoms with Crippen LogP contribution < -0.4 is 5.32 Å². The van der Waals surface area contributed by atoms with Crippen LogP contribution in [0.4, 0.5) is 0 Å². The number of carbonyl (C=O) groups excluding carboxylic acids is 1. The highest BCUT2D eigenvalue weighted by Gasteiger charge is 2.41. The van der Waals surface area contributed by atoms with Crippen LogP contribution in [-0.4, -0.2) is 23.0 Å². The van der Waals surface area contributed by atoms with Crippen LogP contribution in [-0.2, 0) is 9.59 Å². The normalized spacial score (nSPS) is 20.6. The molecule has 4 heteroatoms. The zero-order valence-electron chi connectivity index (χ0n) is 10.8. The molecule has 2 N–H and O–H groups in total. The molecule has 0 heterocycles. The SMILES string of the molecule is CC[C@H](C)NC(=O)CC1(C(=O)O)CCCCC1. The summed E-state index contributed by atoms with van der Waals surface area (Å²) in [6.45, 7) is 3.94. The third-order valence-corrected chi connectivity index (χ3v) is 3.78. The molecule has 0 aromatic rings. The van der Waals surface area contributed by atoms with Crippen LogP contribution in [0.15, 0.2) is 0 Å². The Balaban J connectivity index is 2.60. The molecule has 1 fully saturated rings. The van der Waals surface area contributed by atoms with Crippen molar-refractivity contribution in [2.75, 3.05) is 0 Å². The Morgan fingerprint density at radius 1 is 1.29 bits per heavy atom. The molecule has 1 aliphatic rings. The monoisotopic (exact) mass is 241 g/mol. The van der Waals surface area contributed by atoms with Crippen molar-refractivity contribution in [2.45, 2.75) is 64.8 Å². The Morgan fingerprint density at radius 2 is 1.88 bits per heavy atom. The van der Waals surface area contributed by atoms with E-state index in [9.17, 15) is 14.7 Å². The van der Waals surface area contributed by atoms with Crippen LogP contribution in [0.5, 0.6) is 0 Å². The Morgan fingerprint density at radius 3 is 2.35 bits per heavy atom. The van der Waals surface area contributed by atoms with Crippen molar-refractivity contribution in [3.05, 3.63) is 0 Å². The Kier molecular flexibility index (Phi) is 4.97. The van der Waals surface area contributed by atoms with Gasteiger partial charge in [-0.05, 0) is 26.2 Å². The minimum Gasteiger partial charge on any atom is -0.481 e. The van der Waals surface area contributed by atoms with Crippen LogP contribution in [0.2, 0.25) is 0 Å². The number of carboxylic acid groups (broad SMARTS) is 1. The number of hydrogen-bond donors (Lipinski definition) is 2. The van der Waals surface area contributed by atoms with Gasteiger partial charge >= 0.3 is 5.97 Å². The Labute approximate surface area is 103 Å². The van der Waals surface area contributed by atoms with Crippen molar-refractivity contribution in [2.24, 2.45) is 5.41 Å². The van der Waals surface area contributed by atoms with E-state index in [1.54, 1.807) is 0 Å². The first-order valence-corrected chi connectivity index (χ1v) is 6.53. The van der Waals surface area contributed by atoms with E-state index in [0.29, 0.717) is 12.8 Å². The summed E-state index contributed by atoms with van der Waals surface area (Å²) < 4.78 is 0. The lowest BCUT2D eigenvalue weighted by molar-refractivity contribution is -0.154. The molecule has 0 aromatic carbocycles. The number of amides is 1. The predicted molar refractivity (Wildman–Crippen MR) is 65.7 cm³/mol. The summed E-state index contributed by atoms with van der Waals surface area (Å²) in [6.07, 6.45) is 5.19. The maximum absolute atomic E-state index is 11.8. The minimum atomic E-state index is -0.810. The minimum absolute atomic E-state index is 0.122. The van der Waals surface area contributed by atoms with Gasteiger partial charge in [0.15, 0.2) is 0 Å². The van der Waals surface area contributed by atoms with Gasteiger partial charge in [-0.25, -0.2) is 0 Å². The highest BCUT2D eigenvalue weighted by Crippen LogP contribution is 2.39. The third-order valence-electron chi connectivity index (χ3n) is 3.78. The average Bonchev–Trinajstić information content (AvgIpc) is 2.29. The van der Waals surface area contributed by atoms with Crippen molar-refractivity contribution < 1.29 is 14.7 Å². The lowest BCUT2D eigenvalue weighted by Crippen LogP contribution is -2.41. The van der Waals surface area contributed by atoms with Crippen molar-refractivity contribution in [1.82, 2.24) is 5.32 Å². The fourth-order valence-corrected chi connectivity index (χ4v) is 2.43. The smallest absolute Gasteiger partial charge is 0.310 e. The number of rotatable bonds is 5. The van der Waals surface area contributed by atoms with E-state index in [-0.39, 0.29) is 18.4 Å². The summed E-state index contributed by atoms with van der Waals surface area (Å²) in [4.78, 5) is 23.2. The summed E-state index contributed by atoms with van der Waals surface area (Å²) in [5.41, 5.74) is -0.810. The molecule has 0 aromatic heterocycles. The summed E-state index contributed by atoms with van der Waals surface area (Å²) >= 11 is 0. The molecule has 0 saturated heterocycles. The fourth-order valence-electron chi connectivity index (χ4n) is 2.43. The van der Waals surface area contributed by atoms with Crippen molar-refractivity contribution in [3.63, 3.8) is 0 Å². The number of aliphatic carboxylic acids is 1. The lowest BCUT2D eigenvalue weighted by atomic mass is 9.71. The molecule has 0 radical (unpaired) electrons. The molecule has 0 bridgehead atoms. The summed E-state index contributed by atoms with van der Waals surface area (Å²) in [7, 11) is 0. The number of nitrogens with one attached hydrogen (secondary N) is 1. The van der Waals surface area contributed by atoms with Gasteiger partial charge in [-0.2, -0.15) is 0 Å². The maximum Gasteiger partial charge on any atom is 0.310 e. The molecule has 4 nitrogen and oxygen atoms in total. The predicted octanol–water partition coefficient (Wildman–Crippen LogP) is 2.33. The molecular formula is C13H23NO3. The van der Waals surface area contributed by atoms with E-state index < -0.39 is 11.4 Å². The second kappa shape index (κ2) is 6.03. The van der Waals surface area contributed by atoms with Crippen molar-refractivity contribution in [1.29, 1.82) is 0 Å². The van der Waals surface area contributed by atoms with Gasteiger partial charge in [0.1, 0.15) is 0 Å². The van der Waals surface area contributed by atoms with Gasteiger partial charge in [0, 0.05) is 12.5 Å². The molecular weight excluding hydrogens is 218 g/mol. The molecule has 98 valence electrons. The topological polar surface area (TPSA) is 66.4 Å². The number of carbonyl (C=O) groups is 2. The largest absolute Gasteiger partial charge is 0.481 e. The quantitative estimate of drug-likeness (QED) is 0.776. The van der Waals surface area contributed by atoms with Crippen molar-refractivity contribution >= 4 is 11.9 Å². The molecule has 0 aliphatic heterocycles.